The molecule has 0 radical (unpaired) electrons. The van der Waals surface area contributed by atoms with Crippen LogP contribution in [0, 0.1) is 5.92 Å². The number of imidazole rings is 1. The molecule has 1 saturated carbocycles. The van der Waals surface area contributed by atoms with Gasteiger partial charge in [0.15, 0.2) is 5.76 Å². The Morgan fingerprint density at radius 3 is 2.79 bits per heavy atom. The zero-order valence-electron chi connectivity index (χ0n) is 15.4. The lowest BCUT2D eigenvalue weighted by Gasteiger charge is -2.24. The van der Waals surface area contributed by atoms with E-state index in [9.17, 15) is 14.7 Å². The first-order valence-electron chi connectivity index (χ1n) is 9.70. The summed E-state index contributed by atoms with van der Waals surface area (Å²) in [6, 6.07) is 8.36. The summed E-state index contributed by atoms with van der Waals surface area (Å²) in [7, 11) is 0. The fourth-order valence-electron chi connectivity index (χ4n) is 4.11. The number of carbonyl (C=O) groups is 2. The number of aromatic carboxylic acids is 1. The number of nitrogens with zero attached hydrogens (tertiary/aromatic N) is 3. The van der Waals surface area contributed by atoms with E-state index < -0.39 is 5.97 Å². The Labute approximate surface area is 161 Å². The topological polar surface area (TPSA) is 88.6 Å². The quantitative estimate of drug-likeness (QED) is 0.730. The molecule has 1 amide bonds. The van der Waals surface area contributed by atoms with E-state index in [1.165, 1.54) is 19.1 Å². The van der Waals surface area contributed by atoms with Crippen molar-refractivity contribution in [3.8, 4) is 0 Å². The zero-order valence-corrected chi connectivity index (χ0v) is 15.4. The number of aromatic nitrogens is 2. The lowest BCUT2D eigenvalue weighted by molar-refractivity contribution is 0.0688. The van der Waals surface area contributed by atoms with E-state index >= 15 is 0 Å². The Morgan fingerprint density at radius 1 is 1.21 bits per heavy atom. The number of furan rings is 1. The second-order valence-electron chi connectivity index (χ2n) is 7.67. The fourth-order valence-corrected chi connectivity index (χ4v) is 4.11. The first kappa shape index (κ1) is 17.0. The fraction of sp³-hybridized carbons (Fsp3) is 0.381. The zero-order chi connectivity index (χ0) is 19.3. The van der Waals surface area contributed by atoms with Crippen molar-refractivity contribution in [3.05, 3.63) is 53.7 Å². The van der Waals surface area contributed by atoms with Gasteiger partial charge in [-0.2, -0.15) is 0 Å². The van der Waals surface area contributed by atoms with Gasteiger partial charge in [-0.05, 0) is 61.9 Å². The minimum atomic E-state index is -0.962. The number of likely N-dealkylation sites (tertiary alicyclic amines) is 1. The maximum absolute atomic E-state index is 12.9. The maximum Gasteiger partial charge on any atom is 0.335 e. The van der Waals surface area contributed by atoms with Gasteiger partial charge in [0, 0.05) is 13.1 Å². The van der Waals surface area contributed by atoms with Crippen LogP contribution >= 0.6 is 0 Å². The highest BCUT2D eigenvalue weighted by molar-refractivity contribution is 5.93. The van der Waals surface area contributed by atoms with Gasteiger partial charge in [-0.3, -0.25) is 4.79 Å². The lowest BCUT2D eigenvalue weighted by atomic mass is 10.2. The van der Waals surface area contributed by atoms with Crippen LogP contribution in [0.25, 0.3) is 11.0 Å². The molecule has 1 N–H and O–H groups in total. The smallest absolute Gasteiger partial charge is 0.335 e. The maximum atomic E-state index is 12.9. The molecule has 1 aliphatic heterocycles. The van der Waals surface area contributed by atoms with Gasteiger partial charge in [0.25, 0.3) is 5.91 Å². The summed E-state index contributed by atoms with van der Waals surface area (Å²) in [4.78, 5) is 30.9. The van der Waals surface area contributed by atoms with E-state index in [4.69, 9.17) is 9.40 Å². The number of carboxylic acid groups (broad SMARTS) is 1. The predicted octanol–water partition coefficient (Wildman–Crippen LogP) is 3.71. The number of carboxylic acids is 1. The molecule has 1 aromatic carbocycles. The van der Waals surface area contributed by atoms with Crippen molar-refractivity contribution in [3.63, 3.8) is 0 Å². The predicted molar refractivity (Wildman–Crippen MR) is 101 cm³/mol. The van der Waals surface area contributed by atoms with Gasteiger partial charge in [-0.1, -0.05) is 0 Å². The minimum Gasteiger partial charge on any atom is -0.478 e. The van der Waals surface area contributed by atoms with E-state index in [1.54, 1.807) is 24.3 Å². The number of fused-ring (bicyclic) bond motifs is 1. The van der Waals surface area contributed by atoms with E-state index in [-0.39, 0.29) is 17.5 Å². The Hall–Kier alpha value is -3.09. The van der Waals surface area contributed by atoms with Crippen molar-refractivity contribution >= 4 is 22.9 Å². The lowest BCUT2D eigenvalue weighted by Crippen LogP contribution is -2.32. The SMILES string of the molecule is O=C(O)c1ccc2c(c1)nc([C@@H]1CCCN1C(=O)c1ccco1)n2CC1CC1. The van der Waals surface area contributed by atoms with Gasteiger partial charge in [-0.25, -0.2) is 9.78 Å². The third-order valence-corrected chi connectivity index (χ3v) is 5.71. The molecular formula is C21H21N3O4. The van der Waals surface area contributed by atoms with Gasteiger partial charge in [0.1, 0.15) is 5.82 Å². The van der Waals surface area contributed by atoms with Crippen molar-refractivity contribution in [1.82, 2.24) is 14.5 Å². The van der Waals surface area contributed by atoms with E-state index in [2.05, 4.69) is 4.57 Å². The molecule has 144 valence electrons. The Bertz CT molecular complexity index is 1050. The van der Waals surface area contributed by atoms with Gasteiger partial charge < -0.3 is 19.0 Å². The number of benzene rings is 1. The molecule has 5 rings (SSSR count). The van der Waals surface area contributed by atoms with Crippen LogP contribution in [0.2, 0.25) is 0 Å². The van der Waals surface area contributed by atoms with Gasteiger partial charge >= 0.3 is 5.97 Å². The van der Waals surface area contributed by atoms with Crippen LogP contribution in [0.1, 0.15) is 58.5 Å². The van der Waals surface area contributed by atoms with Crippen molar-refractivity contribution in [1.29, 1.82) is 0 Å². The summed E-state index contributed by atoms with van der Waals surface area (Å²) >= 11 is 0. The summed E-state index contributed by atoms with van der Waals surface area (Å²) in [6.45, 7) is 1.52. The molecule has 0 unspecified atom stereocenters. The number of amides is 1. The largest absolute Gasteiger partial charge is 0.478 e. The van der Waals surface area contributed by atoms with E-state index in [0.29, 0.717) is 23.7 Å². The number of hydrogen-bond donors (Lipinski definition) is 1. The molecule has 3 heterocycles. The standard InChI is InChI=1S/C21H21N3O4/c25-20(18-4-2-10-28-18)23-9-1-3-17(23)19-22-15-11-14(21(26)27)7-8-16(15)24(19)12-13-5-6-13/h2,4,7-8,10-11,13,17H,1,3,5-6,9,12H2,(H,26,27)/t17-/m0/s1. The second-order valence-corrected chi connectivity index (χ2v) is 7.67. The molecule has 3 aromatic rings. The molecule has 7 heteroatoms. The third kappa shape index (κ3) is 2.87. The monoisotopic (exact) mass is 379 g/mol. The first-order valence-corrected chi connectivity index (χ1v) is 9.70. The molecule has 0 bridgehead atoms. The highest BCUT2D eigenvalue weighted by Crippen LogP contribution is 2.38. The second kappa shape index (κ2) is 6.51. The Morgan fingerprint density at radius 2 is 2.07 bits per heavy atom. The van der Waals surface area contributed by atoms with E-state index in [1.807, 2.05) is 11.0 Å². The first-order chi connectivity index (χ1) is 13.6. The summed E-state index contributed by atoms with van der Waals surface area (Å²) in [6.07, 6.45) is 5.66. The molecule has 7 nitrogen and oxygen atoms in total. The summed E-state index contributed by atoms with van der Waals surface area (Å²) in [5.41, 5.74) is 1.84. The van der Waals surface area contributed by atoms with Crippen LogP contribution < -0.4 is 0 Å². The Balaban J connectivity index is 1.58. The molecule has 1 aliphatic carbocycles. The van der Waals surface area contributed by atoms with Crippen molar-refractivity contribution in [2.45, 2.75) is 38.3 Å². The van der Waals surface area contributed by atoms with Gasteiger partial charge in [0.2, 0.25) is 0 Å². The van der Waals surface area contributed by atoms with Gasteiger partial charge in [0.05, 0.1) is 28.9 Å². The number of hydrogen-bond acceptors (Lipinski definition) is 4. The van der Waals surface area contributed by atoms with Crippen LogP contribution in [0.3, 0.4) is 0 Å². The van der Waals surface area contributed by atoms with Crippen molar-refractivity contribution in [2.24, 2.45) is 5.92 Å². The Kier molecular flexibility index (Phi) is 3.96. The van der Waals surface area contributed by atoms with Crippen LogP contribution in [0.5, 0.6) is 0 Å². The van der Waals surface area contributed by atoms with Crippen LogP contribution in [0.4, 0.5) is 0 Å². The molecule has 0 spiro atoms. The van der Waals surface area contributed by atoms with Crippen LogP contribution in [-0.2, 0) is 6.54 Å². The average molecular weight is 379 g/mol. The highest BCUT2D eigenvalue weighted by atomic mass is 16.4. The normalized spacial score (nSPS) is 19.4. The third-order valence-electron chi connectivity index (χ3n) is 5.71. The summed E-state index contributed by atoms with van der Waals surface area (Å²) < 4.78 is 7.51. The molecule has 1 saturated heterocycles. The molecule has 28 heavy (non-hydrogen) atoms. The van der Waals surface area contributed by atoms with Gasteiger partial charge in [-0.15, -0.1) is 0 Å². The van der Waals surface area contributed by atoms with E-state index in [0.717, 1.165) is 30.7 Å². The molecular weight excluding hydrogens is 358 g/mol. The number of rotatable bonds is 5. The summed E-state index contributed by atoms with van der Waals surface area (Å²) in [5, 5.41) is 9.31. The summed E-state index contributed by atoms with van der Waals surface area (Å²) in [5.74, 6) is 0.733. The van der Waals surface area contributed by atoms with Crippen LogP contribution in [0.15, 0.2) is 41.0 Å². The van der Waals surface area contributed by atoms with Crippen LogP contribution in [-0.4, -0.2) is 38.0 Å². The van der Waals surface area contributed by atoms with Crippen molar-refractivity contribution in [2.75, 3.05) is 6.54 Å². The molecule has 2 fully saturated rings. The number of carbonyl (C=O) groups excluding carboxylic acids is 1. The molecule has 2 aromatic heterocycles. The molecule has 2 aliphatic rings. The highest BCUT2D eigenvalue weighted by Gasteiger charge is 2.36. The van der Waals surface area contributed by atoms with Crippen molar-refractivity contribution < 1.29 is 19.1 Å². The minimum absolute atomic E-state index is 0.122. The average Bonchev–Trinajstić information content (AvgIpc) is 3.11. The molecule has 1 atom stereocenters.